The number of benzene rings is 4. The molecule has 0 unspecified atom stereocenters. The summed E-state index contributed by atoms with van der Waals surface area (Å²) in [5, 5.41) is 5.53. The third-order valence-corrected chi connectivity index (χ3v) is 13.6. The first kappa shape index (κ1) is 43.9. The van der Waals surface area contributed by atoms with E-state index < -0.39 is 37.3 Å². The van der Waals surface area contributed by atoms with Gasteiger partial charge >= 0.3 is 5.51 Å². The topological polar surface area (TPSA) is 75.7 Å². The molecule has 2 atom stereocenters. The van der Waals surface area contributed by atoms with Gasteiger partial charge in [-0.15, -0.1) is 0 Å². The van der Waals surface area contributed by atoms with Crippen molar-refractivity contribution in [1.82, 2.24) is 0 Å². The molecule has 1 saturated heterocycles. The van der Waals surface area contributed by atoms with Crippen molar-refractivity contribution in [2.75, 3.05) is 12.3 Å². The molecule has 2 aliphatic rings. The van der Waals surface area contributed by atoms with E-state index in [4.69, 9.17) is 22.4 Å². The Bertz CT molecular complexity index is 1560. The summed E-state index contributed by atoms with van der Waals surface area (Å²) in [5.41, 5.74) is -5.65. The van der Waals surface area contributed by atoms with Crippen molar-refractivity contribution in [2.24, 2.45) is 0 Å². The van der Waals surface area contributed by atoms with Gasteiger partial charge < -0.3 is 14.0 Å². The summed E-state index contributed by atoms with van der Waals surface area (Å²) in [6.45, 7) is 4.11. The molecule has 1 fully saturated rings. The SMILES string of the molecule is C1=C\CC/C=C\CC/1.CC1(C)O[C@@H](CP(c2ccccc2)c2ccccc2)[C@H](CP(c2ccccc2)c2ccccc2)O1.O=S(=O)([O-])C(F)(F)F.[Rh]. The summed E-state index contributed by atoms with van der Waals surface area (Å²) in [6, 6.07) is 43.6. The Balaban J connectivity index is 0.000000356. The van der Waals surface area contributed by atoms with Crippen LogP contribution < -0.4 is 21.2 Å². The summed E-state index contributed by atoms with van der Waals surface area (Å²) in [5.74, 6) is -0.585. The van der Waals surface area contributed by atoms with E-state index in [1.807, 2.05) is 0 Å². The third kappa shape index (κ3) is 14.4. The van der Waals surface area contributed by atoms with Crippen LogP contribution in [0.4, 0.5) is 13.2 Å². The molecule has 0 saturated carbocycles. The van der Waals surface area contributed by atoms with E-state index in [9.17, 15) is 13.2 Å². The molecule has 12 heteroatoms. The molecule has 281 valence electrons. The van der Waals surface area contributed by atoms with Crippen LogP contribution in [0.1, 0.15) is 39.5 Å². The van der Waals surface area contributed by atoms with E-state index in [0.717, 1.165) is 12.3 Å². The van der Waals surface area contributed by atoms with Gasteiger partial charge in [-0.2, -0.15) is 13.2 Å². The first-order chi connectivity index (χ1) is 24.3. The van der Waals surface area contributed by atoms with Gasteiger partial charge in [0.25, 0.3) is 0 Å². The van der Waals surface area contributed by atoms with E-state index in [1.165, 1.54) is 46.9 Å². The molecule has 0 spiro atoms. The van der Waals surface area contributed by atoms with Gasteiger partial charge in [0.05, 0.1) is 12.2 Å². The smallest absolute Gasteiger partial charge is 0.485 e. The van der Waals surface area contributed by atoms with Crippen molar-refractivity contribution in [1.29, 1.82) is 0 Å². The summed E-state index contributed by atoms with van der Waals surface area (Å²) in [7, 11) is -7.21. The largest absolute Gasteiger partial charge is 0.741 e. The Hall–Kier alpha value is -2.54. The Morgan fingerprint density at radius 3 is 1.04 bits per heavy atom. The Labute approximate surface area is 321 Å². The number of allylic oxidation sites excluding steroid dienone is 4. The summed E-state index contributed by atoms with van der Waals surface area (Å²) < 4.78 is 72.1. The van der Waals surface area contributed by atoms with Gasteiger partial charge in [-0.3, -0.25) is 0 Å². The summed E-state index contributed by atoms with van der Waals surface area (Å²) in [6.07, 6.45) is 16.0. The number of hydrogen-bond acceptors (Lipinski definition) is 5. The zero-order valence-electron chi connectivity index (χ0n) is 29.1. The molecule has 1 radical (unpaired) electrons. The Morgan fingerprint density at radius 1 is 0.596 bits per heavy atom. The molecule has 0 bridgehead atoms. The molecule has 5 nitrogen and oxygen atoms in total. The minimum Gasteiger partial charge on any atom is -0.741 e. The van der Waals surface area contributed by atoms with Gasteiger partial charge in [-0.25, -0.2) is 8.42 Å². The second kappa shape index (κ2) is 21.4. The third-order valence-electron chi connectivity index (χ3n) is 7.90. The van der Waals surface area contributed by atoms with Gasteiger partial charge in [-0.05, 0) is 76.6 Å². The molecule has 6 rings (SSSR count). The average Bonchev–Trinajstić information content (AvgIpc) is 3.39. The number of halogens is 3. The van der Waals surface area contributed by atoms with E-state index in [0.29, 0.717) is 0 Å². The van der Waals surface area contributed by atoms with Crippen molar-refractivity contribution in [3.8, 4) is 0 Å². The van der Waals surface area contributed by atoms with Gasteiger partial charge in [-0.1, -0.05) is 146 Å². The fraction of sp³-hybridized carbons (Fsp3) is 0.300. The average molecular weight is 859 g/mol. The Kier molecular flexibility index (Phi) is 18.0. The van der Waals surface area contributed by atoms with Gasteiger partial charge in [0.1, 0.15) is 0 Å². The first-order valence-corrected chi connectivity index (χ1v) is 21.2. The minimum absolute atomic E-state index is 0. The number of hydrogen-bond donors (Lipinski definition) is 0. The van der Waals surface area contributed by atoms with Crippen LogP contribution in [0, 0.1) is 0 Å². The first-order valence-electron chi connectivity index (χ1n) is 16.8. The maximum atomic E-state index is 10.7. The number of rotatable bonds is 8. The van der Waals surface area contributed by atoms with Gasteiger partial charge in [0.2, 0.25) is 0 Å². The minimum atomic E-state index is -6.09. The number of ether oxygens (including phenoxy) is 2. The van der Waals surface area contributed by atoms with Crippen LogP contribution in [0.3, 0.4) is 0 Å². The molecule has 0 amide bonds. The zero-order chi connectivity index (χ0) is 36.7. The van der Waals surface area contributed by atoms with Crippen molar-refractivity contribution < 1.29 is 55.1 Å². The van der Waals surface area contributed by atoms with E-state index >= 15 is 0 Å². The number of alkyl halides is 3. The molecule has 0 N–H and O–H groups in total. The molecular formula is C40H44F3O5P2RhS-. The van der Waals surface area contributed by atoms with Crippen LogP contribution in [0.2, 0.25) is 0 Å². The maximum Gasteiger partial charge on any atom is 0.485 e. The van der Waals surface area contributed by atoms with E-state index in [1.54, 1.807) is 0 Å². The molecule has 1 aliphatic carbocycles. The maximum absolute atomic E-state index is 10.7. The monoisotopic (exact) mass is 858 g/mol. The van der Waals surface area contributed by atoms with Crippen molar-refractivity contribution in [2.45, 2.75) is 63.0 Å². The van der Waals surface area contributed by atoms with Crippen molar-refractivity contribution in [3.05, 3.63) is 146 Å². The fourth-order valence-electron chi connectivity index (χ4n) is 5.59. The van der Waals surface area contributed by atoms with Crippen molar-refractivity contribution in [3.63, 3.8) is 0 Å². The van der Waals surface area contributed by atoms with Gasteiger partial charge in [0, 0.05) is 31.8 Å². The van der Waals surface area contributed by atoms with Crippen LogP contribution >= 0.6 is 15.8 Å². The van der Waals surface area contributed by atoms with Crippen LogP contribution in [0.5, 0.6) is 0 Å². The predicted molar refractivity (Wildman–Crippen MR) is 204 cm³/mol. The van der Waals surface area contributed by atoms with E-state index in [-0.39, 0.29) is 31.7 Å². The summed E-state index contributed by atoms with van der Waals surface area (Å²) >= 11 is 0. The second-order valence-electron chi connectivity index (χ2n) is 12.3. The molecule has 52 heavy (non-hydrogen) atoms. The molecule has 1 heterocycles. The predicted octanol–water partition coefficient (Wildman–Crippen LogP) is 8.49. The Morgan fingerprint density at radius 2 is 0.827 bits per heavy atom. The van der Waals surface area contributed by atoms with E-state index in [2.05, 4.69) is 159 Å². The normalized spacial score (nSPS) is 19.5. The molecule has 4 aromatic carbocycles. The van der Waals surface area contributed by atoms with Gasteiger partial charge in [0.15, 0.2) is 15.9 Å². The van der Waals surface area contributed by atoms with Crippen LogP contribution in [0.15, 0.2) is 146 Å². The standard InChI is InChI=1S/C31H32O2P2.C8H12.CHF3O3S.Rh/c1-31(2)32-29(23-34(25-15-7-3-8-16-25)26-17-9-4-10-18-26)30(33-31)24-35(27-19-11-5-12-20-27)28-21-13-6-14-22-28;1-2-4-6-8-7-5-3-1;2-1(3,4)8(5,6)7;/h3-22,29-30H,23-24H2,1-2H3;1-2,7-8H,3-6H2;(H,5,6,7);/p-1/b;2-1-,8-7-;;/t29-,30-;;;/m0.../s1. The zero-order valence-corrected chi connectivity index (χ0v) is 33.3. The molecular weight excluding hydrogens is 814 g/mol. The van der Waals surface area contributed by atoms with Crippen LogP contribution in [0.25, 0.3) is 0 Å². The summed E-state index contributed by atoms with van der Waals surface area (Å²) in [4.78, 5) is 0. The molecule has 1 aliphatic heterocycles. The molecule has 0 aromatic heterocycles. The van der Waals surface area contributed by atoms with Crippen LogP contribution in [-0.4, -0.2) is 48.8 Å². The fourth-order valence-corrected chi connectivity index (χ4v) is 10.5. The molecule has 4 aromatic rings. The van der Waals surface area contributed by atoms with Crippen molar-refractivity contribution >= 4 is 47.2 Å². The quantitative estimate of drug-likeness (QED) is 0.0585. The van der Waals surface area contributed by atoms with Crippen LogP contribution in [-0.2, 0) is 39.1 Å². The second-order valence-corrected chi connectivity index (χ2v) is 18.2.